The molecule has 1 fully saturated rings. The first-order chi connectivity index (χ1) is 7.84. The second-order valence-electron chi connectivity index (χ2n) is 4.82. The molecule has 0 amide bonds. The average molecular weight is 213 g/mol. The van der Waals surface area contributed by atoms with E-state index in [0.717, 1.165) is 6.42 Å². The van der Waals surface area contributed by atoms with Crippen LogP contribution >= 0.6 is 0 Å². The van der Waals surface area contributed by atoms with Gasteiger partial charge < -0.3 is 0 Å². The maximum atomic E-state index is 12.3. The summed E-state index contributed by atoms with van der Waals surface area (Å²) in [5.41, 5.74) is 0.714. The Labute approximate surface area is 92.6 Å². The topological polar surface area (TPSA) is 47.8 Å². The summed E-state index contributed by atoms with van der Waals surface area (Å²) < 4.78 is 1.60. The van der Waals surface area contributed by atoms with Crippen molar-refractivity contribution < 1.29 is 4.79 Å². The van der Waals surface area contributed by atoms with Crippen LogP contribution in [0.4, 0.5) is 0 Å². The molecule has 0 saturated heterocycles. The maximum Gasteiger partial charge on any atom is 0.185 e. The quantitative estimate of drug-likeness (QED) is 0.657. The number of Topliss-reactive ketones (excluding diaryl/α,β-unsaturated/α-hetero) is 1. The molecule has 3 aliphatic rings. The van der Waals surface area contributed by atoms with Crippen molar-refractivity contribution in [3.8, 4) is 0 Å². The molecular weight excluding hydrogens is 202 g/mol. The summed E-state index contributed by atoms with van der Waals surface area (Å²) in [7, 11) is 0. The number of fused-ring (bicyclic) bond motifs is 5. The number of aromatic nitrogens is 3. The average Bonchev–Trinajstić information content (AvgIpc) is 2.97. The molecule has 16 heavy (non-hydrogen) atoms. The monoisotopic (exact) mass is 213 g/mol. The Balaban J connectivity index is 1.78. The summed E-state index contributed by atoms with van der Waals surface area (Å²) in [6.07, 6.45) is 11.1. The van der Waals surface area contributed by atoms with Gasteiger partial charge in [0.25, 0.3) is 0 Å². The van der Waals surface area contributed by atoms with Crippen molar-refractivity contribution in [3.63, 3.8) is 0 Å². The van der Waals surface area contributed by atoms with Gasteiger partial charge in [0, 0.05) is 5.92 Å². The smallest absolute Gasteiger partial charge is 0.185 e. The van der Waals surface area contributed by atoms with Crippen molar-refractivity contribution in [3.05, 3.63) is 30.6 Å². The first-order valence-electron chi connectivity index (χ1n) is 5.65. The van der Waals surface area contributed by atoms with E-state index in [1.165, 1.54) is 0 Å². The van der Waals surface area contributed by atoms with Crippen LogP contribution < -0.4 is 0 Å². The lowest BCUT2D eigenvalue weighted by molar-refractivity contribution is -0.118. The molecule has 3 aliphatic carbocycles. The van der Waals surface area contributed by atoms with Crippen molar-refractivity contribution in [1.29, 1.82) is 0 Å². The second-order valence-corrected chi connectivity index (χ2v) is 4.82. The Kier molecular flexibility index (Phi) is 1.42. The van der Waals surface area contributed by atoms with Gasteiger partial charge in [-0.2, -0.15) is 0 Å². The van der Waals surface area contributed by atoms with Gasteiger partial charge in [0.1, 0.15) is 5.70 Å². The van der Waals surface area contributed by atoms with Crippen molar-refractivity contribution in [2.24, 2.45) is 23.7 Å². The number of hydrogen-bond acceptors (Lipinski definition) is 3. The number of carbonyl (C=O) groups excluding carboxylic acids is 1. The highest BCUT2D eigenvalue weighted by Gasteiger charge is 2.51. The van der Waals surface area contributed by atoms with Gasteiger partial charge in [-0.25, -0.2) is 4.68 Å². The molecule has 4 atom stereocenters. The minimum Gasteiger partial charge on any atom is -0.292 e. The lowest BCUT2D eigenvalue weighted by Crippen LogP contribution is -2.22. The zero-order valence-electron chi connectivity index (χ0n) is 8.65. The predicted molar refractivity (Wildman–Crippen MR) is 57.0 cm³/mol. The molecule has 0 radical (unpaired) electrons. The molecule has 0 aliphatic heterocycles. The van der Waals surface area contributed by atoms with E-state index in [9.17, 15) is 4.79 Å². The molecule has 2 bridgehead atoms. The molecule has 0 aromatic carbocycles. The summed E-state index contributed by atoms with van der Waals surface area (Å²) in [6.45, 7) is 0. The summed E-state index contributed by atoms with van der Waals surface area (Å²) in [5, 5.41) is 7.66. The molecule has 80 valence electrons. The number of rotatable bonds is 1. The molecule has 0 N–H and O–H groups in total. The van der Waals surface area contributed by atoms with Crippen LogP contribution in [0.25, 0.3) is 5.70 Å². The van der Waals surface area contributed by atoms with Crippen LogP contribution in [0.5, 0.6) is 0 Å². The van der Waals surface area contributed by atoms with E-state index in [0.29, 0.717) is 23.5 Å². The van der Waals surface area contributed by atoms with E-state index < -0.39 is 0 Å². The Hall–Kier alpha value is -1.71. The lowest BCUT2D eigenvalue weighted by atomic mass is 9.85. The Morgan fingerprint density at radius 2 is 2.19 bits per heavy atom. The van der Waals surface area contributed by atoms with Crippen LogP contribution in [0.3, 0.4) is 0 Å². The zero-order chi connectivity index (χ0) is 10.7. The minimum absolute atomic E-state index is 0.175. The van der Waals surface area contributed by atoms with Crippen LogP contribution in [0.2, 0.25) is 0 Å². The van der Waals surface area contributed by atoms with Crippen molar-refractivity contribution in [1.82, 2.24) is 15.0 Å². The van der Waals surface area contributed by atoms with Gasteiger partial charge in [0.05, 0.1) is 12.4 Å². The lowest BCUT2D eigenvalue weighted by Gasteiger charge is -2.17. The van der Waals surface area contributed by atoms with Crippen LogP contribution in [0.15, 0.2) is 30.6 Å². The first kappa shape index (κ1) is 8.44. The van der Waals surface area contributed by atoms with Crippen LogP contribution in [-0.2, 0) is 4.79 Å². The van der Waals surface area contributed by atoms with Gasteiger partial charge in [0.15, 0.2) is 5.78 Å². The Morgan fingerprint density at radius 1 is 1.31 bits per heavy atom. The van der Waals surface area contributed by atoms with E-state index in [1.54, 1.807) is 17.1 Å². The third-order valence-electron chi connectivity index (χ3n) is 4.10. The molecule has 1 aromatic heterocycles. The number of carbonyl (C=O) groups is 1. The van der Waals surface area contributed by atoms with Crippen LogP contribution in [-0.4, -0.2) is 20.8 Å². The predicted octanol–water partition coefficient (Wildman–Crippen LogP) is 1.14. The van der Waals surface area contributed by atoms with Gasteiger partial charge in [0.2, 0.25) is 0 Å². The van der Waals surface area contributed by atoms with Crippen LogP contribution in [0.1, 0.15) is 6.42 Å². The third-order valence-corrected chi connectivity index (χ3v) is 4.10. The molecular formula is C12H11N3O. The summed E-state index contributed by atoms with van der Waals surface area (Å²) >= 11 is 0. The molecule has 1 heterocycles. The van der Waals surface area contributed by atoms with E-state index in [4.69, 9.17) is 0 Å². The zero-order valence-corrected chi connectivity index (χ0v) is 8.65. The second kappa shape index (κ2) is 2.70. The molecule has 4 heteroatoms. The van der Waals surface area contributed by atoms with Gasteiger partial charge in [-0.3, -0.25) is 4.79 Å². The fraction of sp³-hybridized carbons (Fsp3) is 0.417. The van der Waals surface area contributed by atoms with Gasteiger partial charge in [-0.05, 0) is 24.2 Å². The Bertz CT molecular complexity index is 514. The molecule has 4 nitrogen and oxygen atoms in total. The van der Waals surface area contributed by atoms with E-state index in [1.807, 2.05) is 0 Å². The minimum atomic E-state index is 0.175. The highest BCUT2D eigenvalue weighted by Crippen LogP contribution is 2.53. The maximum absolute atomic E-state index is 12.3. The van der Waals surface area contributed by atoms with E-state index in [-0.39, 0.29) is 11.7 Å². The SMILES string of the molecule is O=C1C(n2ccnn2)=C[C@H]2[C@@H]1[C@@H]1C=C[C@H]2C1. The standard InChI is InChI=1S/C12H11N3O/c16-12-10(15-4-3-13-14-15)6-9-7-1-2-8(5-7)11(9)12/h1-4,6-9,11H,5H2/t7-,8+,9+,11-/m0/s1. The number of nitrogens with zero attached hydrogens (tertiary/aromatic N) is 3. The largest absolute Gasteiger partial charge is 0.292 e. The fourth-order valence-electron chi connectivity index (χ4n) is 3.42. The number of allylic oxidation sites excluding steroid dienone is 4. The van der Waals surface area contributed by atoms with E-state index >= 15 is 0 Å². The summed E-state index contributed by atoms with van der Waals surface area (Å²) in [6, 6.07) is 0. The summed E-state index contributed by atoms with van der Waals surface area (Å²) in [4.78, 5) is 12.3. The highest BCUT2D eigenvalue weighted by molar-refractivity contribution is 6.19. The molecule has 1 saturated carbocycles. The van der Waals surface area contributed by atoms with Crippen molar-refractivity contribution in [2.75, 3.05) is 0 Å². The normalized spacial score (nSPS) is 39.2. The molecule has 1 aromatic rings. The third kappa shape index (κ3) is 0.876. The van der Waals surface area contributed by atoms with E-state index in [2.05, 4.69) is 28.5 Å². The van der Waals surface area contributed by atoms with Gasteiger partial charge in [-0.1, -0.05) is 23.4 Å². The molecule has 0 unspecified atom stereocenters. The fourth-order valence-corrected chi connectivity index (χ4v) is 3.42. The Morgan fingerprint density at radius 3 is 2.94 bits per heavy atom. The molecule has 4 rings (SSSR count). The first-order valence-corrected chi connectivity index (χ1v) is 5.65. The van der Waals surface area contributed by atoms with Crippen molar-refractivity contribution >= 4 is 11.5 Å². The van der Waals surface area contributed by atoms with Crippen molar-refractivity contribution in [2.45, 2.75) is 6.42 Å². The van der Waals surface area contributed by atoms with Crippen LogP contribution in [0, 0.1) is 23.7 Å². The molecule has 0 spiro atoms. The summed E-state index contributed by atoms with van der Waals surface area (Å²) in [5.74, 6) is 1.85. The highest BCUT2D eigenvalue weighted by atomic mass is 16.1. The van der Waals surface area contributed by atoms with Gasteiger partial charge >= 0.3 is 0 Å². The number of ketones is 1. The number of hydrogen-bond donors (Lipinski definition) is 0. The van der Waals surface area contributed by atoms with Gasteiger partial charge in [-0.15, -0.1) is 5.10 Å².